The highest BCUT2D eigenvalue weighted by molar-refractivity contribution is 6.17. The molecule has 0 fully saturated rings. The number of hydrogen-bond acceptors (Lipinski definition) is 2. The Labute approximate surface area is 99.4 Å². The van der Waals surface area contributed by atoms with Gasteiger partial charge in [-0.15, -0.1) is 11.6 Å². The van der Waals surface area contributed by atoms with E-state index in [1.54, 1.807) is 6.07 Å². The van der Waals surface area contributed by atoms with Gasteiger partial charge in [0, 0.05) is 23.9 Å². The van der Waals surface area contributed by atoms with Crippen molar-refractivity contribution >= 4 is 17.4 Å². The molecule has 16 heavy (non-hydrogen) atoms. The first kappa shape index (κ1) is 13.0. The maximum atomic E-state index is 13.1. The van der Waals surface area contributed by atoms with Crippen LogP contribution in [0.3, 0.4) is 0 Å². The number of rotatable bonds is 6. The number of ketones is 1. The summed E-state index contributed by atoms with van der Waals surface area (Å²) < 4.78 is 18.0. The number of methoxy groups -OCH3 is 1. The van der Waals surface area contributed by atoms with E-state index in [9.17, 15) is 9.18 Å². The molecule has 0 amide bonds. The third-order valence-corrected chi connectivity index (χ3v) is 2.48. The third-order valence-electron chi connectivity index (χ3n) is 2.22. The van der Waals surface area contributed by atoms with Crippen LogP contribution in [-0.2, 0) is 0 Å². The van der Waals surface area contributed by atoms with E-state index < -0.39 is 5.82 Å². The van der Waals surface area contributed by atoms with Crippen LogP contribution in [0, 0.1) is 5.82 Å². The van der Waals surface area contributed by atoms with Gasteiger partial charge < -0.3 is 4.74 Å². The molecule has 88 valence electrons. The molecule has 0 saturated heterocycles. The van der Waals surface area contributed by atoms with Gasteiger partial charge in [-0.3, -0.25) is 4.79 Å². The second kappa shape index (κ2) is 6.48. The van der Waals surface area contributed by atoms with Gasteiger partial charge in [0.2, 0.25) is 0 Å². The SMILES string of the molecule is COc1cc(F)cc(C(=O)CCCCCl)c1. The number of alkyl halides is 1. The van der Waals surface area contributed by atoms with Gasteiger partial charge in [0.15, 0.2) is 5.78 Å². The number of unbranched alkanes of at least 4 members (excludes halogenated alkanes) is 1. The Bertz CT molecular complexity index is 366. The number of benzene rings is 1. The van der Waals surface area contributed by atoms with Crippen molar-refractivity contribution in [3.8, 4) is 5.75 Å². The van der Waals surface area contributed by atoms with Crippen LogP contribution in [0.2, 0.25) is 0 Å². The first-order valence-electron chi connectivity index (χ1n) is 5.11. The molecule has 0 heterocycles. The summed E-state index contributed by atoms with van der Waals surface area (Å²) in [5, 5.41) is 0. The number of halogens is 2. The van der Waals surface area contributed by atoms with Gasteiger partial charge in [-0.1, -0.05) is 0 Å². The van der Waals surface area contributed by atoms with E-state index in [4.69, 9.17) is 16.3 Å². The van der Waals surface area contributed by atoms with Gasteiger partial charge in [-0.25, -0.2) is 4.39 Å². The first-order valence-corrected chi connectivity index (χ1v) is 5.64. The summed E-state index contributed by atoms with van der Waals surface area (Å²) in [5.74, 6) is 0.364. The van der Waals surface area contributed by atoms with Crippen molar-refractivity contribution in [2.45, 2.75) is 19.3 Å². The van der Waals surface area contributed by atoms with Gasteiger partial charge in [-0.2, -0.15) is 0 Å². The molecular weight excluding hydrogens is 231 g/mol. The van der Waals surface area contributed by atoms with E-state index in [-0.39, 0.29) is 5.78 Å². The Balaban J connectivity index is 2.71. The molecule has 1 rings (SSSR count). The molecule has 0 aliphatic rings. The van der Waals surface area contributed by atoms with Crippen LogP contribution in [-0.4, -0.2) is 18.8 Å². The fourth-order valence-electron chi connectivity index (χ4n) is 1.37. The van der Waals surface area contributed by atoms with Crippen molar-refractivity contribution in [1.29, 1.82) is 0 Å². The molecule has 0 unspecified atom stereocenters. The van der Waals surface area contributed by atoms with Gasteiger partial charge in [0.05, 0.1) is 7.11 Å². The van der Waals surface area contributed by atoms with E-state index in [0.29, 0.717) is 23.6 Å². The predicted octanol–water partition coefficient (Wildman–Crippen LogP) is 3.43. The van der Waals surface area contributed by atoms with E-state index in [1.165, 1.54) is 19.2 Å². The fourth-order valence-corrected chi connectivity index (χ4v) is 1.55. The van der Waals surface area contributed by atoms with Crippen molar-refractivity contribution in [3.63, 3.8) is 0 Å². The standard InChI is InChI=1S/C12H14ClFO2/c1-16-11-7-9(6-10(14)8-11)12(15)4-2-3-5-13/h6-8H,2-5H2,1H3. The second-order valence-electron chi connectivity index (χ2n) is 3.45. The zero-order chi connectivity index (χ0) is 12.0. The number of Topliss-reactive ketones (excluding diaryl/α,β-unsaturated/α-hetero) is 1. The smallest absolute Gasteiger partial charge is 0.163 e. The quantitative estimate of drug-likeness (QED) is 0.435. The van der Waals surface area contributed by atoms with Gasteiger partial charge >= 0.3 is 0 Å². The van der Waals surface area contributed by atoms with Crippen molar-refractivity contribution in [3.05, 3.63) is 29.6 Å². The summed E-state index contributed by atoms with van der Waals surface area (Å²) in [7, 11) is 1.44. The molecule has 0 aromatic heterocycles. The number of carbonyl (C=O) groups is 1. The maximum Gasteiger partial charge on any atom is 0.163 e. The summed E-state index contributed by atoms with van der Waals surface area (Å²) >= 11 is 5.51. The molecule has 2 nitrogen and oxygen atoms in total. The van der Waals surface area contributed by atoms with Crippen LogP contribution >= 0.6 is 11.6 Å². The Morgan fingerprint density at radius 3 is 2.75 bits per heavy atom. The predicted molar refractivity (Wildman–Crippen MR) is 61.9 cm³/mol. The summed E-state index contributed by atoms with van der Waals surface area (Å²) in [4.78, 5) is 11.7. The lowest BCUT2D eigenvalue weighted by molar-refractivity contribution is 0.0979. The van der Waals surface area contributed by atoms with Crippen LogP contribution in [0.4, 0.5) is 4.39 Å². The second-order valence-corrected chi connectivity index (χ2v) is 3.83. The molecule has 1 aromatic rings. The molecule has 0 aliphatic carbocycles. The Kier molecular flexibility index (Phi) is 5.26. The first-order chi connectivity index (χ1) is 7.67. The van der Waals surface area contributed by atoms with Crippen molar-refractivity contribution in [2.75, 3.05) is 13.0 Å². The molecule has 0 saturated carbocycles. The minimum absolute atomic E-state index is 0.0806. The fraction of sp³-hybridized carbons (Fsp3) is 0.417. The van der Waals surface area contributed by atoms with Crippen LogP contribution in [0.25, 0.3) is 0 Å². The highest BCUT2D eigenvalue weighted by atomic mass is 35.5. The zero-order valence-electron chi connectivity index (χ0n) is 9.13. The average molecular weight is 245 g/mol. The Morgan fingerprint density at radius 2 is 2.12 bits per heavy atom. The van der Waals surface area contributed by atoms with Gasteiger partial charge in [0.1, 0.15) is 11.6 Å². The van der Waals surface area contributed by atoms with Crippen LogP contribution in [0.5, 0.6) is 5.75 Å². The number of carbonyl (C=O) groups excluding carboxylic acids is 1. The highest BCUT2D eigenvalue weighted by Crippen LogP contribution is 2.18. The minimum atomic E-state index is -0.458. The molecule has 0 radical (unpaired) electrons. The minimum Gasteiger partial charge on any atom is -0.497 e. The van der Waals surface area contributed by atoms with E-state index in [0.717, 1.165) is 12.8 Å². The highest BCUT2D eigenvalue weighted by Gasteiger charge is 2.09. The third kappa shape index (κ3) is 3.81. The van der Waals surface area contributed by atoms with Gasteiger partial charge in [0.25, 0.3) is 0 Å². The van der Waals surface area contributed by atoms with Crippen LogP contribution in [0.1, 0.15) is 29.6 Å². The molecule has 4 heteroatoms. The molecule has 0 bridgehead atoms. The van der Waals surface area contributed by atoms with Crippen molar-refractivity contribution in [2.24, 2.45) is 0 Å². The molecule has 0 atom stereocenters. The zero-order valence-corrected chi connectivity index (χ0v) is 9.89. The molecule has 0 spiro atoms. The van der Waals surface area contributed by atoms with Gasteiger partial charge in [-0.05, 0) is 25.0 Å². The Hall–Kier alpha value is -1.09. The Morgan fingerprint density at radius 1 is 1.38 bits per heavy atom. The van der Waals surface area contributed by atoms with E-state index in [2.05, 4.69) is 0 Å². The summed E-state index contributed by atoms with van der Waals surface area (Å²) in [5.41, 5.74) is 0.353. The van der Waals surface area contributed by atoms with Crippen LogP contribution < -0.4 is 4.74 Å². The summed E-state index contributed by atoms with van der Waals surface area (Å²) in [6.45, 7) is 0. The summed E-state index contributed by atoms with van der Waals surface area (Å²) in [6.07, 6.45) is 1.90. The number of ether oxygens (including phenoxy) is 1. The molecular formula is C12H14ClFO2. The van der Waals surface area contributed by atoms with E-state index >= 15 is 0 Å². The van der Waals surface area contributed by atoms with Crippen molar-refractivity contribution < 1.29 is 13.9 Å². The summed E-state index contributed by atoms with van der Waals surface area (Å²) in [6, 6.07) is 4.02. The van der Waals surface area contributed by atoms with Crippen molar-refractivity contribution in [1.82, 2.24) is 0 Å². The largest absolute Gasteiger partial charge is 0.497 e. The monoisotopic (exact) mass is 244 g/mol. The lowest BCUT2D eigenvalue weighted by Gasteiger charge is -2.04. The number of hydrogen-bond donors (Lipinski definition) is 0. The molecule has 0 N–H and O–H groups in total. The maximum absolute atomic E-state index is 13.1. The normalized spacial score (nSPS) is 10.2. The van der Waals surface area contributed by atoms with E-state index in [1.807, 2.05) is 0 Å². The average Bonchev–Trinajstić information content (AvgIpc) is 2.28. The lowest BCUT2D eigenvalue weighted by Crippen LogP contribution is -2.00. The molecule has 0 aliphatic heterocycles. The molecule has 1 aromatic carbocycles. The topological polar surface area (TPSA) is 26.3 Å². The lowest BCUT2D eigenvalue weighted by atomic mass is 10.1. The van der Waals surface area contributed by atoms with Crippen LogP contribution in [0.15, 0.2) is 18.2 Å².